The standard InChI is InChI=1S/C6H4Br2F2N2O2S/c7-2-1-3(6(9)10)12-5(8)4(2)15(11,13)14/h1,6H,(H2,11,13,14). The van der Waals surface area contributed by atoms with Gasteiger partial charge in [-0.05, 0) is 37.9 Å². The molecule has 0 saturated heterocycles. The van der Waals surface area contributed by atoms with Gasteiger partial charge >= 0.3 is 0 Å². The highest BCUT2D eigenvalue weighted by atomic mass is 79.9. The molecule has 0 aliphatic heterocycles. The average molecular weight is 366 g/mol. The summed E-state index contributed by atoms with van der Waals surface area (Å²) in [4.78, 5) is 3.02. The number of nitrogens with two attached hydrogens (primary N) is 1. The summed E-state index contributed by atoms with van der Waals surface area (Å²) in [7, 11) is -4.01. The van der Waals surface area contributed by atoms with Gasteiger partial charge in [0.05, 0.1) is 0 Å². The summed E-state index contributed by atoms with van der Waals surface area (Å²) >= 11 is 5.61. The fourth-order valence-electron chi connectivity index (χ4n) is 0.855. The van der Waals surface area contributed by atoms with Crippen LogP contribution in [0.15, 0.2) is 20.0 Å². The molecule has 0 spiro atoms. The van der Waals surface area contributed by atoms with E-state index in [1.165, 1.54) is 0 Å². The molecule has 15 heavy (non-hydrogen) atoms. The summed E-state index contributed by atoms with van der Waals surface area (Å²) in [5.74, 6) is 0. The van der Waals surface area contributed by atoms with E-state index in [9.17, 15) is 17.2 Å². The van der Waals surface area contributed by atoms with Crippen LogP contribution in [-0.4, -0.2) is 13.4 Å². The Balaban J connectivity index is 3.48. The maximum Gasteiger partial charge on any atom is 0.280 e. The van der Waals surface area contributed by atoms with Gasteiger partial charge in [-0.1, -0.05) is 0 Å². The molecule has 0 bridgehead atoms. The van der Waals surface area contributed by atoms with Gasteiger partial charge in [0.2, 0.25) is 10.0 Å². The van der Waals surface area contributed by atoms with E-state index in [0.717, 1.165) is 6.07 Å². The van der Waals surface area contributed by atoms with Crippen molar-refractivity contribution in [2.45, 2.75) is 11.3 Å². The van der Waals surface area contributed by atoms with Crippen molar-refractivity contribution in [2.75, 3.05) is 0 Å². The van der Waals surface area contributed by atoms with Crippen molar-refractivity contribution < 1.29 is 17.2 Å². The lowest BCUT2D eigenvalue weighted by molar-refractivity contribution is 0.145. The van der Waals surface area contributed by atoms with E-state index in [4.69, 9.17) is 5.14 Å². The Bertz CT molecular complexity index is 469. The van der Waals surface area contributed by atoms with Crippen LogP contribution >= 0.6 is 31.9 Å². The van der Waals surface area contributed by atoms with E-state index >= 15 is 0 Å². The Kier molecular flexibility index (Phi) is 3.80. The molecule has 4 nitrogen and oxygen atoms in total. The summed E-state index contributed by atoms with van der Waals surface area (Å²) in [6.07, 6.45) is -2.79. The van der Waals surface area contributed by atoms with Crippen LogP contribution in [0, 0.1) is 0 Å². The summed E-state index contributed by atoms with van der Waals surface area (Å²) < 4.78 is 46.3. The van der Waals surface area contributed by atoms with E-state index in [1.54, 1.807) is 0 Å². The van der Waals surface area contributed by atoms with Crippen LogP contribution in [0.4, 0.5) is 8.78 Å². The van der Waals surface area contributed by atoms with Crippen molar-refractivity contribution in [3.63, 3.8) is 0 Å². The molecule has 0 amide bonds. The molecule has 0 radical (unpaired) electrons. The topological polar surface area (TPSA) is 73.1 Å². The molecule has 1 heterocycles. The highest BCUT2D eigenvalue weighted by molar-refractivity contribution is 9.11. The third-order valence-electron chi connectivity index (χ3n) is 1.41. The molecular formula is C6H4Br2F2N2O2S. The third kappa shape index (κ3) is 2.92. The minimum atomic E-state index is -4.01. The summed E-state index contributed by atoms with van der Waals surface area (Å²) in [6.45, 7) is 0. The molecule has 1 rings (SSSR count). The van der Waals surface area contributed by atoms with Gasteiger partial charge in [0, 0.05) is 4.47 Å². The number of alkyl halides is 2. The number of nitrogens with zero attached hydrogens (tertiary/aromatic N) is 1. The van der Waals surface area contributed by atoms with Crippen molar-refractivity contribution >= 4 is 41.9 Å². The van der Waals surface area contributed by atoms with Crippen molar-refractivity contribution in [1.29, 1.82) is 0 Å². The first-order valence-corrected chi connectivity index (χ1v) is 6.53. The third-order valence-corrected chi connectivity index (χ3v) is 4.12. The lowest BCUT2D eigenvalue weighted by atomic mass is 10.4. The first-order valence-electron chi connectivity index (χ1n) is 3.40. The highest BCUT2D eigenvalue weighted by Gasteiger charge is 2.21. The fraction of sp³-hybridized carbons (Fsp3) is 0.167. The molecule has 0 fully saturated rings. The Morgan fingerprint density at radius 3 is 2.27 bits per heavy atom. The molecule has 1 aromatic rings. The van der Waals surface area contributed by atoms with Gasteiger partial charge < -0.3 is 0 Å². The minimum Gasteiger partial charge on any atom is -0.238 e. The monoisotopic (exact) mass is 364 g/mol. The number of hydrogen-bond donors (Lipinski definition) is 1. The average Bonchev–Trinajstić information content (AvgIpc) is 1.99. The van der Waals surface area contributed by atoms with Gasteiger partial charge in [0.15, 0.2) is 0 Å². The first kappa shape index (κ1) is 12.9. The van der Waals surface area contributed by atoms with E-state index in [-0.39, 0.29) is 14.0 Å². The second-order valence-corrected chi connectivity index (χ2v) is 5.60. The second-order valence-electron chi connectivity index (χ2n) is 2.49. The smallest absolute Gasteiger partial charge is 0.238 e. The van der Waals surface area contributed by atoms with Gasteiger partial charge in [-0.15, -0.1) is 0 Å². The van der Waals surface area contributed by atoms with Crippen LogP contribution in [0.5, 0.6) is 0 Å². The first-order chi connectivity index (χ1) is 6.73. The fourth-order valence-corrected chi connectivity index (χ4v) is 3.93. The molecular weight excluding hydrogens is 362 g/mol. The van der Waals surface area contributed by atoms with E-state index < -0.39 is 22.1 Å². The molecule has 0 saturated carbocycles. The second kappa shape index (κ2) is 4.40. The van der Waals surface area contributed by atoms with Crippen molar-refractivity contribution in [2.24, 2.45) is 5.14 Å². The Morgan fingerprint density at radius 2 is 1.93 bits per heavy atom. The molecule has 0 aliphatic rings. The molecule has 0 unspecified atom stereocenters. The number of rotatable bonds is 2. The Hall–Kier alpha value is -0.120. The molecule has 0 aromatic carbocycles. The Labute approximate surface area is 101 Å². The maximum absolute atomic E-state index is 12.3. The lowest BCUT2D eigenvalue weighted by Crippen LogP contribution is -2.14. The quantitative estimate of drug-likeness (QED) is 0.816. The van der Waals surface area contributed by atoms with Gasteiger partial charge in [-0.3, -0.25) is 0 Å². The maximum atomic E-state index is 12.3. The van der Waals surface area contributed by atoms with E-state index in [0.29, 0.717) is 0 Å². The highest BCUT2D eigenvalue weighted by Crippen LogP contribution is 2.31. The predicted octanol–water partition coefficient (Wildman–Crippen LogP) is 2.19. The van der Waals surface area contributed by atoms with Gasteiger partial charge in [0.1, 0.15) is 15.2 Å². The van der Waals surface area contributed by atoms with Gasteiger partial charge in [-0.2, -0.15) is 0 Å². The predicted molar refractivity (Wildman–Crippen MR) is 56.0 cm³/mol. The number of hydrogen-bond acceptors (Lipinski definition) is 3. The number of pyridine rings is 1. The largest absolute Gasteiger partial charge is 0.280 e. The SMILES string of the molecule is NS(=O)(=O)c1c(Br)cc(C(F)F)nc1Br. The molecule has 84 valence electrons. The van der Waals surface area contributed by atoms with Crippen LogP contribution in [0.25, 0.3) is 0 Å². The van der Waals surface area contributed by atoms with Crippen molar-refractivity contribution in [1.82, 2.24) is 4.98 Å². The zero-order valence-corrected chi connectivity index (χ0v) is 10.9. The molecule has 0 atom stereocenters. The van der Waals surface area contributed by atoms with E-state index in [2.05, 4.69) is 36.8 Å². The number of primary sulfonamides is 1. The van der Waals surface area contributed by atoms with Crippen LogP contribution in [-0.2, 0) is 10.0 Å². The van der Waals surface area contributed by atoms with E-state index in [1.807, 2.05) is 0 Å². The summed E-state index contributed by atoms with van der Waals surface area (Å²) in [5, 5.41) is 4.87. The van der Waals surface area contributed by atoms with Crippen LogP contribution in [0.2, 0.25) is 0 Å². The zero-order valence-electron chi connectivity index (χ0n) is 6.92. The van der Waals surface area contributed by atoms with Crippen LogP contribution in [0.3, 0.4) is 0 Å². The van der Waals surface area contributed by atoms with Gasteiger partial charge in [-0.25, -0.2) is 27.3 Å². The number of halogens is 4. The van der Waals surface area contributed by atoms with Crippen molar-refractivity contribution in [3.8, 4) is 0 Å². The Morgan fingerprint density at radius 1 is 1.40 bits per heavy atom. The summed E-state index contributed by atoms with van der Waals surface area (Å²) in [5.41, 5.74) is -0.541. The molecule has 0 aliphatic carbocycles. The number of aromatic nitrogens is 1. The zero-order chi connectivity index (χ0) is 11.8. The number of sulfonamides is 1. The molecule has 1 aromatic heterocycles. The lowest BCUT2D eigenvalue weighted by Gasteiger charge is -2.06. The van der Waals surface area contributed by atoms with Gasteiger partial charge in [0.25, 0.3) is 6.43 Å². The molecule has 9 heteroatoms. The van der Waals surface area contributed by atoms with Crippen LogP contribution in [0.1, 0.15) is 12.1 Å². The summed E-state index contributed by atoms with van der Waals surface area (Å²) in [6, 6.07) is 0.912. The molecule has 2 N–H and O–H groups in total. The van der Waals surface area contributed by atoms with Crippen LogP contribution < -0.4 is 5.14 Å². The minimum absolute atomic E-state index is 0.0535. The van der Waals surface area contributed by atoms with Crippen molar-refractivity contribution in [3.05, 3.63) is 20.8 Å². The normalized spacial score (nSPS) is 12.1.